The first-order valence-electron chi connectivity index (χ1n) is 12.8. The minimum atomic E-state index is -5.29. The Hall–Kier alpha value is -3.75. The molecule has 3 aromatic rings. The molecule has 0 N–H and O–H groups in total. The van der Waals surface area contributed by atoms with Crippen LogP contribution < -0.4 is 10.4 Å². The van der Waals surface area contributed by atoms with E-state index in [1.165, 1.54) is 13.8 Å². The molecule has 1 aliphatic heterocycles. The number of fused-ring (bicyclic) bond motifs is 3. The van der Waals surface area contributed by atoms with Gasteiger partial charge in [0, 0.05) is 43.3 Å². The monoisotopic (exact) mass is 521 g/mol. The van der Waals surface area contributed by atoms with Crippen molar-refractivity contribution < 1.29 is 27.3 Å². The van der Waals surface area contributed by atoms with Crippen molar-refractivity contribution in [3.63, 3.8) is 0 Å². The van der Waals surface area contributed by atoms with Gasteiger partial charge >= 0.3 is 13.1 Å². The molecule has 0 atom stereocenters. The summed E-state index contributed by atoms with van der Waals surface area (Å²) < 4.78 is 47.5. The summed E-state index contributed by atoms with van der Waals surface area (Å²) in [6.45, 7) is 0.740. The van der Waals surface area contributed by atoms with E-state index in [1.54, 1.807) is 11.8 Å². The molecule has 0 radical (unpaired) electrons. The Morgan fingerprint density at radius 3 is 1.97 bits per heavy atom. The third kappa shape index (κ3) is 4.34. The molecule has 0 unspecified atom stereocenters. The lowest BCUT2D eigenvalue weighted by Gasteiger charge is -2.39. The number of piperazine rings is 1. The lowest BCUT2D eigenvalue weighted by atomic mass is 9.71. The van der Waals surface area contributed by atoms with Crippen LogP contribution in [0, 0.1) is 20.8 Å². The molecule has 9 heteroatoms. The van der Waals surface area contributed by atoms with Crippen LogP contribution >= 0.6 is 0 Å². The maximum Gasteiger partial charge on any atom is 0.510 e. The molecule has 198 valence electrons. The number of hydrogen-bond acceptors (Lipinski definition) is 4. The van der Waals surface area contributed by atoms with Gasteiger partial charge in [0.25, 0.3) is 0 Å². The Balaban J connectivity index is 1.29. The minimum absolute atomic E-state index is 0.0245. The summed E-state index contributed by atoms with van der Waals surface area (Å²) in [5, 5.41) is 0. The number of halogens is 3. The molecule has 1 heterocycles. The summed E-state index contributed by atoms with van der Waals surface area (Å²) in [5.41, 5.74) is 5.01. The molecule has 0 spiro atoms. The quantitative estimate of drug-likeness (QED) is 0.327. The van der Waals surface area contributed by atoms with Crippen molar-refractivity contribution in [2.45, 2.75) is 26.7 Å². The third-order valence-electron chi connectivity index (χ3n) is 7.96. The number of aldehydes is 1. The highest BCUT2D eigenvalue weighted by Gasteiger charge is 2.35. The summed E-state index contributed by atoms with van der Waals surface area (Å²) in [6, 6.07) is 16.2. The lowest BCUT2D eigenvalue weighted by molar-refractivity contribution is 0.0976. The number of amides is 1. The zero-order valence-corrected chi connectivity index (χ0v) is 21.6. The summed E-state index contributed by atoms with van der Waals surface area (Å²) in [6.07, 6.45) is 0.0723. The fourth-order valence-electron chi connectivity index (χ4n) is 6.18. The van der Waals surface area contributed by atoms with Crippen molar-refractivity contribution in [3.8, 4) is 11.1 Å². The molecule has 1 fully saturated rings. The van der Waals surface area contributed by atoms with Crippen LogP contribution in [0.2, 0.25) is 0 Å². The lowest BCUT2D eigenvalue weighted by Crippen LogP contribution is -2.50. The molecule has 1 saturated heterocycles. The Morgan fingerprint density at radius 1 is 0.895 bits per heavy atom. The molecule has 38 heavy (non-hydrogen) atoms. The van der Waals surface area contributed by atoms with Crippen LogP contribution in [0.5, 0.6) is 0 Å². The van der Waals surface area contributed by atoms with E-state index in [1.807, 2.05) is 29.2 Å². The fraction of sp³-hybridized carbons (Fsp3) is 0.310. The van der Waals surface area contributed by atoms with Gasteiger partial charge in [-0.2, -0.15) is 0 Å². The Labute approximate surface area is 220 Å². The average Bonchev–Trinajstić information content (AvgIpc) is 3.21. The average molecular weight is 521 g/mol. The van der Waals surface area contributed by atoms with E-state index in [9.17, 15) is 22.5 Å². The smallest absolute Gasteiger partial charge is 0.448 e. The number of anilines is 1. The summed E-state index contributed by atoms with van der Waals surface area (Å²) in [5.74, 6) is -0.0464. The summed E-state index contributed by atoms with van der Waals surface area (Å²) >= 11 is 0. The van der Waals surface area contributed by atoms with Crippen LogP contribution in [-0.2, 0) is 4.74 Å². The predicted octanol–water partition coefficient (Wildman–Crippen LogP) is 5.55. The first-order chi connectivity index (χ1) is 18.1. The van der Waals surface area contributed by atoms with Crippen molar-refractivity contribution in [3.05, 3.63) is 81.9 Å². The molecular weight excluding hydrogens is 492 g/mol. The van der Waals surface area contributed by atoms with Gasteiger partial charge in [-0.25, -0.2) is 4.79 Å². The number of rotatable bonds is 5. The van der Waals surface area contributed by atoms with Crippen LogP contribution in [0.1, 0.15) is 44.1 Å². The molecule has 0 aromatic heterocycles. The zero-order valence-electron chi connectivity index (χ0n) is 21.6. The molecule has 5 rings (SSSR count). The maximum absolute atomic E-state index is 13.9. The van der Waals surface area contributed by atoms with Crippen molar-refractivity contribution >= 4 is 30.5 Å². The second kappa shape index (κ2) is 9.85. The highest BCUT2D eigenvalue weighted by Crippen LogP contribution is 2.44. The van der Waals surface area contributed by atoms with Crippen molar-refractivity contribution in [2.24, 2.45) is 0 Å². The van der Waals surface area contributed by atoms with Gasteiger partial charge in [-0.3, -0.25) is 4.79 Å². The summed E-state index contributed by atoms with van der Waals surface area (Å²) in [7, 11) is 0. The number of carbonyl (C=O) groups is 2. The highest BCUT2D eigenvalue weighted by molar-refractivity contribution is 6.74. The molecule has 0 saturated carbocycles. The molecule has 5 nitrogen and oxygen atoms in total. The van der Waals surface area contributed by atoms with E-state index in [0.29, 0.717) is 43.7 Å². The van der Waals surface area contributed by atoms with Crippen LogP contribution in [0.3, 0.4) is 0 Å². The number of benzene rings is 3. The van der Waals surface area contributed by atoms with Crippen LogP contribution in [-0.4, -0.2) is 57.0 Å². The van der Waals surface area contributed by atoms with E-state index in [4.69, 9.17) is 4.74 Å². The van der Waals surface area contributed by atoms with E-state index in [-0.39, 0.29) is 29.2 Å². The first kappa shape index (κ1) is 25.9. The molecule has 1 aliphatic carbocycles. The molecule has 0 bridgehead atoms. The van der Waals surface area contributed by atoms with Gasteiger partial charge in [0.15, 0.2) is 6.29 Å². The van der Waals surface area contributed by atoms with E-state index < -0.39 is 18.5 Å². The minimum Gasteiger partial charge on any atom is -0.448 e. The molecule has 2 aliphatic rings. The van der Waals surface area contributed by atoms with Crippen molar-refractivity contribution in [1.29, 1.82) is 0 Å². The van der Waals surface area contributed by atoms with Gasteiger partial charge < -0.3 is 27.5 Å². The largest absolute Gasteiger partial charge is 0.510 e. The van der Waals surface area contributed by atoms with Crippen LogP contribution in [0.15, 0.2) is 48.5 Å². The van der Waals surface area contributed by atoms with Gasteiger partial charge in [0.2, 0.25) is 0 Å². The number of nitrogens with zero attached hydrogens (tertiary/aromatic N) is 2. The Morgan fingerprint density at radius 2 is 1.45 bits per heavy atom. The van der Waals surface area contributed by atoms with Crippen LogP contribution in [0.4, 0.5) is 23.4 Å². The molecular formula is C29H29BF3N2O3-. The number of hydrogen-bond donors (Lipinski definition) is 0. The third-order valence-corrected chi connectivity index (χ3v) is 7.96. The summed E-state index contributed by atoms with van der Waals surface area (Å²) in [4.78, 5) is 28.1. The van der Waals surface area contributed by atoms with Gasteiger partial charge in [-0.15, -0.1) is 0 Å². The first-order valence-corrected chi connectivity index (χ1v) is 12.8. The van der Waals surface area contributed by atoms with Gasteiger partial charge in [0.1, 0.15) is 6.61 Å². The molecule has 1 amide bonds. The highest BCUT2D eigenvalue weighted by atomic mass is 19.4. The van der Waals surface area contributed by atoms with Crippen LogP contribution in [0.25, 0.3) is 11.1 Å². The van der Waals surface area contributed by atoms with E-state index in [2.05, 4.69) is 24.3 Å². The van der Waals surface area contributed by atoms with Gasteiger partial charge in [0.05, 0.1) is 0 Å². The predicted molar refractivity (Wildman–Crippen MR) is 144 cm³/mol. The van der Waals surface area contributed by atoms with E-state index in [0.717, 1.165) is 22.3 Å². The second-order valence-corrected chi connectivity index (χ2v) is 10.0. The maximum atomic E-state index is 13.9. The Kier molecular flexibility index (Phi) is 6.71. The SMILES string of the molecule is Cc1c(C=O)c(C)c([B-](F)(F)F)c(C)c1N1CCN(C(=O)OCC2c3ccccc3-c3ccccc32)CC1. The number of ether oxygens (including phenoxy) is 1. The number of carbonyl (C=O) groups excluding carboxylic acids is 2. The molecule has 3 aromatic carbocycles. The van der Waals surface area contributed by atoms with Crippen molar-refractivity contribution in [1.82, 2.24) is 4.90 Å². The zero-order chi connectivity index (χ0) is 27.2. The van der Waals surface area contributed by atoms with Crippen molar-refractivity contribution in [2.75, 3.05) is 37.7 Å². The standard InChI is InChI=1S/C29H29BF3N2O3/c1-18-25(16-36)19(2)28(20(3)27(18)30(31,32)33)34-12-14-35(15-13-34)29(37)38-17-26-23-10-6-4-8-21(23)22-9-5-7-11-24(22)26/h4-11,16,26H,12-15,17H2,1-3H3/q-1. The van der Waals surface area contributed by atoms with Gasteiger partial charge in [-0.05, 0) is 48.6 Å². The van der Waals surface area contributed by atoms with E-state index >= 15 is 0 Å². The van der Waals surface area contributed by atoms with Gasteiger partial charge in [-0.1, -0.05) is 65.1 Å². The topological polar surface area (TPSA) is 49.9 Å². The fourth-order valence-corrected chi connectivity index (χ4v) is 6.18. The Bertz CT molecular complexity index is 1370. The second-order valence-electron chi connectivity index (χ2n) is 10.0. The normalized spacial score (nSPS) is 15.3.